The molecule has 0 spiro atoms. The van der Waals surface area contributed by atoms with Crippen LogP contribution in [-0.4, -0.2) is 41.8 Å². The molecule has 2 N–H and O–H groups in total. The van der Waals surface area contributed by atoms with E-state index in [2.05, 4.69) is 10.6 Å². The summed E-state index contributed by atoms with van der Waals surface area (Å²) in [6, 6.07) is 6.41. The van der Waals surface area contributed by atoms with Crippen molar-refractivity contribution in [1.82, 2.24) is 15.5 Å². The van der Waals surface area contributed by atoms with Crippen LogP contribution in [0.4, 0.5) is 0 Å². The molecule has 162 valence electrons. The predicted octanol–water partition coefficient (Wildman–Crippen LogP) is 3.50. The average molecular weight is 432 g/mol. The van der Waals surface area contributed by atoms with Crippen molar-refractivity contribution < 1.29 is 18.8 Å². The lowest BCUT2D eigenvalue weighted by atomic mass is 10.1. The third-order valence-electron chi connectivity index (χ3n) is 5.29. The summed E-state index contributed by atoms with van der Waals surface area (Å²) in [5, 5.41) is 7.65. The van der Waals surface area contributed by atoms with E-state index in [9.17, 15) is 14.4 Å². The normalized spacial score (nSPS) is 15.0. The van der Waals surface area contributed by atoms with E-state index in [-0.39, 0.29) is 30.2 Å². The Morgan fingerprint density at radius 1 is 1.23 bits per heavy atom. The summed E-state index contributed by atoms with van der Waals surface area (Å²) in [5.74, 6) is -0.738. The average Bonchev–Trinajstić information content (AvgIpc) is 3.51. The number of nitrogens with one attached hydrogen (secondary N) is 2. The smallest absolute Gasteiger partial charge is 0.287 e. The summed E-state index contributed by atoms with van der Waals surface area (Å²) in [6.07, 6.45) is 7.26. The van der Waals surface area contributed by atoms with Crippen LogP contribution in [0.1, 0.15) is 66.9 Å². The lowest BCUT2D eigenvalue weighted by Crippen LogP contribution is -2.48. The lowest BCUT2D eigenvalue weighted by molar-refractivity contribution is -0.140. The SMILES string of the molecule is CCCCN(C(=O)CNC(=O)c1ccco1)[C@@H](C(=O)NC1CCCC1)c1cccs1. The van der Waals surface area contributed by atoms with Crippen LogP contribution in [0.3, 0.4) is 0 Å². The first-order chi connectivity index (χ1) is 14.6. The Morgan fingerprint density at radius 3 is 2.67 bits per heavy atom. The van der Waals surface area contributed by atoms with Crippen LogP contribution in [0.2, 0.25) is 0 Å². The molecule has 0 bridgehead atoms. The molecular formula is C22H29N3O4S. The van der Waals surface area contributed by atoms with Crippen LogP contribution in [0.5, 0.6) is 0 Å². The number of hydrogen-bond acceptors (Lipinski definition) is 5. The number of hydrogen-bond donors (Lipinski definition) is 2. The molecule has 0 aliphatic heterocycles. The van der Waals surface area contributed by atoms with E-state index in [1.54, 1.807) is 11.0 Å². The van der Waals surface area contributed by atoms with Crippen molar-refractivity contribution in [3.05, 3.63) is 46.5 Å². The quantitative estimate of drug-likeness (QED) is 0.602. The first-order valence-corrected chi connectivity index (χ1v) is 11.4. The topological polar surface area (TPSA) is 91.7 Å². The second kappa shape index (κ2) is 11.0. The van der Waals surface area contributed by atoms with Crippen molar-refractivity contribution in [2.75, 3.05) is 13.1 Å². The fraction of sp³-hybridized carbons (Fsp3) is 0.500. The van der Waals surface area contributed by atoms with Gasteiger partial charge >= 0.3 is 0 Å². The Kier molecular flexibility index (Phi) is 8.07. The largest absolute Gasteiger partial charge is 0.459 e. The van der Waals surface area contributed by atoms with Gasteiger partial charge in [-0.25, -0.2) is 0 Å². The molecule has 2 aromatic heterocycles. The Bertz CT molecular complexity index is 814. The fourth-order valence-corrected chi connectivity index (χ4v) is 4.53. The van der Waals surface area contributed by atoms with Crippen molar-refractivity contribution in [1.29, 1.82) is 0 Å². The van der Waals surface area contributed by atoms with Gasteiger partial charge in [0.25, 0.3) is 5.91 Å². The van der Waals surface area contributed by atoms with Gasteiger partial charge in [-0.15, -0.1) is 11.3 Å². The van der Waals surface area contributed by atoms with Crippen molar-refractivity contribution >= 4 is 29.1 Å². The van der Waals surface area contributed by atoms with Crippen molar-refractivity contribution in [3.63, 3.8) is 0 Å². The molecule has 1 atom stereocenters. The number of carbonyl (C=O) groups excluding carboxylic acids is 3. The number of nitrogens with zero attached hydrogens (tertiary/aromatic N) is 1. The third-order valence-corrected chi connectivity index (χ3v) is 6.22. The van der Waals surface area contributed by atoms with Gasteiger partial charge in [-0.05, 0) is 42.8 Å². The second-order valence-corrected chi connectivity index (χ2v) is 8.49. The Balaban J connectivity index is 1.74. The summed E-state index contributed by atoms with van der Waals surface area (Å²) in [4.78, 5) is 40.9. The van der Waals surface area contributed by atoms with Crippen LogP contribution < -0.4 is 10.6 Å². The Hall–Kier alpha value is -2.61. The summed E-state index contributed by atoms with van der Waals surface area (Å²) < 4.78 is 5.07. The highest BCUT2D eigenvalue weighted by Gasteiger charge is 2.33. The van der Waals surface area contributed by atoms with Gasteiger partial charge < -0.3 is 20.0 Å². The molecule has 0 radical (unpaired) electrons. The third kappa shape index (κ3) is 5.72. The molecule has 1 fully saturated rings. The molecule has 2 aromatic rings. The maximum Gasteiger partial charge on any atom is 0.287 e. The van der Waals surface area contributed by atoms with Crippen LogP contribution in [0, 0.1) is 0 Å². The molecule has 2 heterocycles. The second-order valence-electron chi connectivity index (χ2n) is 7.51. The van der Waals surface area contributed by atoms with Gasteiger partial charge in [-0.3, -0.25) is 14.4 Å². The number of thiophene rings is 1. The van der Waals surface area contributed by atoms with Gasteiger partial charge in [0.15, 0.2) is 5.76 Å². The number of furan rings is 1. The molecule has 3 amide bonds. The molecule has 8 heteroatoms. The molecule has 3 rings (SSSR count). The molecular weight excluding hydrogens is 402 g/mol. The number of carbonyl (C=O) groups is 3. The van der Waals surface area contributed by atoms with Gasteiger partial charge in [0.2, 0.25) is 11.8 Å². The van der Waals surface area contributed by atoms with E-state index in [0.29, 0.717) is 6.54 Å². The van der Waals surface area contributed by atoms with E-state index in [1.807, 2.05) is 24.4 Å². The van der Waals surface area contributed by atoms with Gasteiger partial charge in [0.1, 0.15) is 6.04 Å². The Labute approximate surface area is 180 Å². The van der Waals surface area contributed by atoms with Gasteiger partial charge in [0.05, 0.1) is 12.8 Å². The summed E-state index contributed by atoms with van der Waals surface area (Å²) in [7, 11) is 0. The highest BCUT2D eigenvalue weighted by Crippen LogP contribution is 2.27. The van der Waals surface area contributed by atoms with Gasteiger partial charge in [0, 0.05) is 17.5 Å². The molecule has 30 heavy (non-hydrogen) atoms. The van der Waals surface area contributed by atoms with Crippen LogP contribution in [0.25, 0.3) is 0 Å². The zero-order valence-corrected chi connectivity index (χ0v) is 18.1. The monoisotopic (exact) mass is 431 g/mol. The fourth-order valence-electron chi connectivity index (χ4n) is 3.70. The van der Waals surface area contributed by atoms with E-state index in [1.165, 1.54) is 23.7 Å². The molecule has 7 nitrogen and oxygen atoms in total. The van der Waals surface area contributed by atoms with Gasteiger partial charge in [-0.2, -0.15) is 0 Å². The van der Waals surface area contributed by atoms with Crippen molar-refractivity contribution in [2.24, 2.45) is 0 Å². The highest BCUT2D eigenvalue weighted by atomic mass is 32.1. The number of rotatable bonds is 10. The molecule has 1 aliphatic rings. The van der Waals surface area contributed by atoms with Crippen LogP contribution in [0.15, 0.2) is 40.3 Å². The van der Waals surface area contributed by atoms with E-state index >= 15 is 0 Å². The minimum atomic E-state index is -0.690. The molecule has 1 aliphatic carbocycles. The summed E-state index contributed by atoms with van der Waals surface area (Å²) in [5.41, 5.74) is 0. The molecule has 0 unspecified atom stereocenters. The lowest BCUT2D eigenvalue weighted by Gasteiger charge is -2.31. The first kappa shape index (κ1) is 22.1. The van der Waals surface area contributed by atoms with Crippen LogP contribution in [-0.2, 0) is 9.59 Å². The van der Waals surface area contributed by atoms with E-state index < -0.39 is 11.9 Å². The molecule has 0 saturated heterocycles. The maximum atomic E-state index is 13.2. The first-order valence-electron chi connectivity index (χ1n) is 10.5. The zero-order valence-electron chi connectivity index (χ0n) is 17.3. The minimum absolute atomic E-state index is 0.147. The number of unbranched alkanes of at least 4 members (excludes halogenated alkanes) is 1. The minimum Gasteiger partial charge on any atom is -0.459 e. The zero-order chi connectivity index (χ0) is 21.3. The Morgan fingerprint density at radius 2 is 2.03 bits per heavy atom. The highest BCUT2D eigenvalue weighted by molar-refractivity contribution is 7.10. The van der Waals surface area contributed by atoms with E-state index in [4.69, 9.17) is 4.42 Å². The van der Waals surface area contributed by atoms with E-state index in [0.717, 1.165) is 43.4 Å². The van der Waals surface area contributed by atoms with Crippen LogP contribution >= 0.6 is 11.3 Å². The maximum absolute atomic E-state index is 13.2. The van der Waals surface area contributed by atoms with Crippen molar-refractivity contribution in [2.45, 2.75) is 57.5 Å². The summed E-state index contributed by atoms with van der Waals surface area (Å²) in [6.45, 7) is 2.30. The van der Waals surface area contributed by atoms with Crippen molar-refractivity contribution in [3.8, 4) is 0 Å². The molecule has 0 aromatic carbocycles. The predicted molar refractivity (Wildman–Crippen MR) is 115 cm³/mol. The number of amides is 3. The summed E-state index contributed by atoms with van der Waals surface area (Å²) >= 11 is 1.46. The van der Waals surface area contributed by atoms with Gasteiger partial charge in [-0.1, -0.05) is 32.3 Å². The molecule has 1 saturated carbocycles. The standard InChI is InChI=1S/C22H29N3O4S/c1-2-3-12-25(19(26)15-23-21(27)17-10-6-13-29-17)20(18-11-7-14-30-18)22(28)24-16-8-4-5-9-16/h6-7,10-11,13-14,16,20H,2-5,8-9,12,15H2,1H3,(H,23,27)(H,24,28)/t20-/m1/s1.